The van der Waals surface area contributed by atoms with Crippen molar-refractivity contribution in [3.8, 4) is 11.5 Å². The number of ether oxygens (including phenoxy) is 1. The molecule has 1 aliphatic rings. The van der Waals surface area contributed by atoms with Crippen molar-refractivity contribution < 1.29 is 14.6 Å². The number of phenolic OH excluding ortho intramolecular Hbond substituents is 1. The van der Waals surface area contributed by atoms with Crippen molar-refractivity contribution in [3.05, 3.63) is 56.5 Å². The lowest BCUT2D eigenvalue weighted by atomic mass is 10.2. The van der Waals surface area contributed by atoms with Crippen molar-refractivity contribution in [1.29, 1.82) is 0 Å². The Morgan fingerprint density at radius 3 is 2.72 bits per heavy atom. The third-order valence-corrected chi connectivity index (χ3v) is 5.12. The van der Waals surface area contributed by atoms with Crippen LogP contribution in [0.3, 0.4) is 0 Å². The summed E-state index contributed by atoms with van der Waals surface area (Å²) in [6.07, 6.45) is 1.73. The van der Waals surface area contributed by atoms with Crippen LogP contribution in [0, 0.1) is 3.57 Å². The molecular weight excluding hydrogens is 451 g/mol. The van der Waals surface area contributed by atoms with E-state index >= 15 is 0 Å². The Morgan fingerprint density at radius 1 is 1.28 bits per heavy atom. The van der Waals surface area contributed by atoms with Crippen LogP contribution in [0.25, 0.3) is 6.08 Å². The van der Waals surface area contributed by atoms with Crippen LogP contribution >= 0.6 is 34.4 Å². The minimum Gasteiger partial charge on any atom is -0.507 e. The van der Waals surface area contributed by atoms with Gasteiger partial charge in [-0.05, 0) is 89.3 Å². The lowest BCUT2D eigenvalue weighted by Gasteiger charge is -2.02. The lowest BCUT2D eigenvalue weighted by molar-refractivity contribution is -0.115. The minimum atomic E-state index is -0.201. The number of hydrogen-bond donors (Lipinski definition) is 2. The van der Waals surface area contributed by atoms with Crippen LogP contribution < -0.4 is 10.1 Å². The molecule has 1 amide bonds. The van der Waals surface area contributed by atoms with Gasteiger partial charge in [-0.1, -0.05) is 6.07 Å². The molecule has 2 aromatic carbocycles. The van der Waals surface area contributed by atoms with E-state index in [4.69, 9.17) is 4.74 Å². The molecule has 1 aliphatic heterocycles. The van der Waals surface area contributed by atoms with Gasteiger partial charge in [0.25, 0.3) is 5.91 Å². The Hall–Kier alpha value is -2.00. The van der Waals surface area contributed by atoms with E-state index in [1.807, 2.05) is 59.8 Å². The number of thioether (sulfide) groups is 1. The zero-order valence-electron chi connectivity index (χ0n) is 13.3. The summed E-state index contributed by atoms with van der Waals surface area (Å²) in [4.78, 5) is 17.1. The van der Waals surface area contributed by atoms with Crippen LogP contribution in [0.5, 0.6) is 11.5 Å². The van der Waals surface area contributed by atoms with Gasteiger partial charge in [-0.3, -0.25) is 4.79 Å². The van der Waals surface area contributed by atoms with Crippen LogP contribution in [0.15, 0.2) is 52.4 Å². The maximum absolute atomic E-state index is 12.1. The summed E-state index contributed by atoms with van der Waals surface area (Å²) in [6.45, 7) is 2.54. The molecule has 0 radical (unpaired) electrons. The number of nitrogens with zero attached hydrogens (tertiary/aromatic N) is 1. The summed E-state index contributed by atoms with van der Waals surface area (Å²) >= 11 is 3.32. The number of nitrogens with one attached hydrogen (secondary N) is 1. The van der Waals surface area contributed by atoms with Gasteiger partial charge in [-0.15, -0.1) is 0 Å². The van der Waals surface area contributed by atoms with Crippen molar-refractivity contribution in [2.75, 3.05) is 6.61 Å². The van der Waals surface area contributed by atoms with Crippen molar-refractivity contribution in [1.82, 2.24) is 5.32 Å². The second-order valence-electron chi connectivity index (χ2n) is 5.12. The van der Waals surface area contributed by atoms with Gasteiger partial charge < -0.3 is 15.2 Å². The second kappa shape index (κ2) is 7.92. The molecule has 7 heteroatoms. The van der Waals surface area contributed by atoms with E-state index in [0.29, 0.717) is 16.7 Å². The van der Waals surface area contributed by atoms with Gasteiger partial charge in [0.1, 0.15) is 11.5 Å². The highest BCUT2D eigenvalue weighted by molar-refractivity contribution is 14.1. The number of benzene rings is 2. The van der Waals surface area contributed by atoms with E-state index in [-0.39, 0.29) is 11.7 Å². The molecule has 128 valence electrons. The molecule has 0 unspecified atom stereocenters. The Morgan fingerprint density at radius 2 is 2.04 bits per heavy atom. The van der Waals surface area contributed by atoms with Crippen molar-refractivity contribution >= 4 is 57.2 Å². The number of carbonyl (C=O) groups is 1. The quantitative estimate of drug-likeness (QED) is 0.521. The summed E-state index contributed by atoms with van der Waals surface area (Å²) in [7, 11) is 0. The molecule has 0 aliphatic carbocycles. The van der Waals surface area contributed by atoms with Crippen LogP contribution in [0.1, 0.15) is 12.5 Å². The van der Waals surface area contributed by atoms with E-state index in [2.05, 4.69) is 10.3 Å². The number of hydrogen-bond acceptors (Lipinski definition) is 5. The van der Waals surface area contributed by atoms with Gasteiger partial charge in [0, 0.05) is 0 Å². The summed E-state index contributed by atoms with van der Waals surface area (Å²) in [6, 6.07) is 12.6. The number of rotatable bonds is 4. The third kappa shape index (κ3) is 4.55. The van der Waals surface area contributed by atoms with Crippen molar-refractivity contribution in [3.63, 3.8) is 0 Å². The number of carbonyl (C=O) groups excluding carboxylic acids is 1. The van der Waals surface area contributed by atoms with Gasteiger partial charge in [0.2, 0.25) is 0 Å². The maximum atomic E-state index is 12.1. The van der Waals surface area contributed by atoms with Crippen LogP contribution in [-0.4, -0.2) is 22.8 Å². The van der Waals surface area contributed by atoms with Crippen molar-refractivity contribution in [2.45, 2.75) is 6.92 Å². The van der Waals surface area contributed by atoms with Crippen LogP contribution in [0.4, 0.5) is 5.69 Å². The second-order valence-corrected chi connectivity index (χ2v) is 7.31. The average molecular weight is 466 g/mol. The highest BCUT2D eigenvalue weighted by atomic mass is 127. The Kier molecular flexibility index (Phi) is 5.64. The fraction of sp³-hybridized carbons (Fsp3) is 0.111. The molecule has 1 fully saturated rings. The molecule has 0 atom stereocenters. The first-order chi connectivity index (χ1) is 12.0. The topological polar surface area (TPSA) is 70.9 Å². The summed E-state index contributed by atoms with van der Waals surface area (Å²) in [5.41, 5.74) is 1.50. The number of aliphatic imine (C=N–C) groups is 1. The monoisotopic (exact) mass is 466 g/mol. The zero-order valence-corrected chi connectivity index (χ0v) is 16.3. The Bertz CT molecular complexity index is 863. The molecule has 0 aromatic heterocycles. The lowest BCUT2D eigenvalue weighted by Crippen LogP contribution is -2.19. The molecule has 5 nitrogen and oxygen atoms in total. The number of phenols is 1. The zero-order chi connectivity index (χ0) is 17.8. The van der Waals surface area contributed by atoms with Crippen molar-refractivity contribution in [2.24, 2.45) is 4.99 Å². The molecule has 0 saturated carbocycles. The van der Waals surface area contributed by atoms with E-state index < -0.39 is 0 Å². The Balaban J connectivity index is 1.77. The maximum Gasteiger partial charge on any atom is 0.264 e. The van der Waals surface area contributed by atoms with Gasteiger partial charge in [0.15, 0.2) is 5.17 Å². The van der Waals surface area contributed by atoms with E-state index in [9.17, 15) is 9.90 Å². The molecule has 25 heavy (non-hydrogen) atoms. The SMILES string of the molecule is CCOc1ccc(N=C2NC(=O)/C(=C\c3ccc(I)c(O)c3)S2)cc1. The van der Waals surface area contributed by atoms with E-state index in [1.54, 1.807) is 18.2 Å². The highest BCUT2D eigenvalue weighted by Crippen LogP contribution is 2.30. The standard InChI is InChI=1S/C18H15IN2O3S/c1-2-24-13-6-4-12(5-7-13)20-18-21-17(23)16(25-18)10-11-3-8-14(19)15(22)9-11/h3-10,22H,2H2,1H3,(H,20,21,23)/b16-10+. The Labute approximate surface area is 163 Å². The smallest absolute Gasteiger partial charge is 0.264 e. The first kappa shape index (κ1) is 17.8. The first-order valence-corrected chi connectivity index (χ1v) is 9.45. The van der Waals surface area contributed by atoms with Crippen LogP contribution in [-0.2, 0) is 4.79 Å². The van der Waals surface area contributed by atoms with E-state index in [1.165, 1.54) is 11.8 Å². The summed E-state index contributed by atoms with van der Waals surface area (Å²) < 4.78 is 6.16. The summed E-state index contributed by atoms with van der Waals surface area (Å²) in [5, 5.41) is 13.0. The average Bonchev–Trinajstić information content (AvgIpc) is 2.92. The van der Waals surface area contributed by atoms with Gasteiger partial charge in [0.05, 0.1) is 20.8 Å². The molecule has 0 bridgehead atoms. The molecule has 2 N–H and O–H groups in total. The predicted octanol–water partition coefficient (Wildman–Crippen LogP) is 4.29. The number of amides is 1. The number of halogens is 1. The van der Waals surface area contributed by atoms with Gasteiger partial charge in [-0.2, -0.15) is 0 Å². The largest absolute Gasteiger partial charge is 0.507 e. The first-order valence-electron chi connectivity index (χ1n) is 7.56. The molecule has 0 spiro atoms. The van der Waals surface area contributed by atoms with Crippen LogP contribution in [0.2, 0.25) is 0 Å². The fourth-order valence-electron chi connectivity index (χ4n) is 2.15. The minimum absolute atomic E-state index is 0.196. The number of amidine groups is 1. The van der Waals surface area contributed by atoms with E-state index in [0.717, 1.165) is 20.6 Å². The molecule has 3 rings (SSSR count). The van der Waals surface area contributed by atoms with Gasteiger partial charge >= 0.3 is 0 Å². The molecule has 1 heterocycles. The predicted molar refractivity (Wildman–Crippen MR) is 109 cm³/mol. The fourth-order valence-corrected chi connectivity index (χ4v) is 3.33. The highest BCUT2D eigenvalue weighted by Gasteiger charge is 2.23. The third-order valence-electron chi connectivity index (χ3n) is 3.30. The molecule has 2 aromatic rings. The summed E-state index contributed by atoms with van der Waals surface area (Å²) in [5.74, 6) is 0.781. The van der Waals surface area contributed by atoms with Gasteiger partial charge in [-0.25, -0.2) is 4.99 Å². The number of aromatic hydroxyl groups is 1. The molecule has 1 saturated heterocycles. The normalized spacial score (nSPS) is 17.1. The molecular formula is C18H15IN2O3S.